The normalized spacial score (nSPS) is 11.1. The van der Waals surface area contributed by atoms with E-state index in [1.165, 1.54) is 0 Å². The predicted molar refractivity (Wildman–Crippen MR) is 47.1 cm³/mol. The van der Waals surface area contributed by atoms with Gasteiger partial charge in [0, 0.05) is 31.9 Å². The van der Waals surface area contributed by atoms with E-state index < -0.39 is 0 Å². The van der Waals surface area contributed by atoms with Gasteiger partial charge < -0.3 is 10.2 Å². The van der Waals surface area contributed by atoms with Crippen LogP contribution in [0.4, 0.5) is 0 Å². The SMILES string of the molecule is CCc1cn(CC(CO)CO)nn1. The monoisotopic (exact) mass is 185 g/mol. The van der Waals surface area contributed by atoms with E-state index in [1.807, 2.05) is 13.1 Å². The molecule has 0 aliphatic carbocycles. The van der Waals surface area contributed by atoms with Crippen molar-refractivity contribution in [2.24, 2.45) is 5.92 Å². The molecule has 0 aromatic carbocycles. The van der Waals surface area contributed by atoms with Gasteiger partial charge >= 0.3 is 0 Å². The molecule has 1 heterocycles. The van der Waals surface area contributed by atoms with Crippen LogP contribution in [-0.2, 0) is 13.0 Å². The Hall–Kier alpha value is -0.940. The van der Waals surface area contributed by atoms with Gasteiger partial charge in [-0.05, 0) is 6.42 Å². The number of aromatic nitrogens is 3. The Morgan fingerprint density at radius 1 is 1.46 bits per heavy atom. The maximum absolute atomic E-state index is 8.83. The van der Waals surface area contributed by atoms with Gasteiger partial charge in [0.25, 0.3) is 0 Å². The van der Waals surface area contributed by atoms with Crippen LogP contribution in [0.25, 0.3) is 0 Å². The second kappa shape index (κ2) is 4.94. The summed E-state index contributed by atoms with van der Waals surface area (Å²) in [5.41, 5.74) is 0.926. The first-order chi connectivity index (χ1) is 6.30. The van der Waals surface area contributed by atoms with Gasteiger partial charge in [0.2, 0.25) is 0 Å². The Labute approximate surface area is 77.0 Å². The first-order valence-corrected chi connectivity index (χ1v) is 4.40. The topological polar surface area (TPSA) is 71.2 Å². The largest absolute Gasteiger partial charge is 0.396 e. The molecule has 13 heavy (non-hydrogen) atoms. The quantitative estimate of drug-likeness (QED) is 0.645. The molecule has 0 atom stereocenters. The fraction of sp³-hybridized carbons (Fsp3) is 0.750. The smallest absolute Gasteiger partial charge is 0.0824 e. The van der Waals surface area contributed by atoms with E-state index in [9.17, 15) is 0 Å². The van der Waals surface area contributed by atoms with Crippen LogP contribution in [0.15, 0.2) is 6.20 Å². The fourth-order valence-corrected chi connectivity index (χ4v) is 1.03. The lowest BCUT2D eigenvalue weighted by atomic mass is 10.2. The summed E-state index contributed by atoms with van der Waals surface area (Å²) in [6.07, 6.45) is 2.68. The zero-order valence-electron chi connectivity index (χ0n) is 7.72. The molecule has 0 fully saturated rings. The lowest BCUT2D eigenvalue weighted by molar-refractivity contribution is 0.134. The molecule has 5 heteroatoms. The second-order valence-corrected chi connectivity index (χ2v) is 3.02. The first-order valence-electron chi connectivity index (χ1n) is 4.40. The molecule has 0 spiro atoms. The third kappa shape index (κ3) is 2.78. The number of hydrogen-bond acceptors (Lipinski definition) is 4. The van der Waals surface area contributed by atoms with E-state index in [4.69, 9.17) is 10.2 Å². The van der Waals surface area contributed by atoms with Crippen molar-refractivity contribution in [3.63, 3.8) is 0 Å². The van der Waals surface area contributed by atoms with Crippen molar-refractivity contribution >= 4 is 0 Å². The van der Waals surface area contributed by atoms with Crippen LogP contribution < -0.4 is 0 Å². The lowest BCUT2D eigenvalue weighted by Gasteiger charge is -2.09. The molecule has 0 bridgehead atoms. The molecular formula is C8H15N3O2. The number of nitrogens with zero attached hydrogens (tertiary/aromatic N) is 3. The first kappa shape index (κ1) is 10.1. The number of aryl methyl sites for hydroxylation is 1. The van der Waals surface area contributed by atoms with Crippen LogP contribution in [0.1, 0.15) is 12.6 Å². The van der Waals surface area contributed by atoms with Crippen molar-refractivity contribution in [3.8, 4) is 0 Å². The molecule has 2 N–H and O–H groups in total. The van der Waals surface area contributed by atoms with E-state index in [0.29, 0.717) is 6.54 Å². The minimum atomic E-state index is -0.147. The van der Waals surface area contributed by atoms with Crippen molar-refractivity contribution < 1.29 is 10.2 Å². The highest BCUT2D eigenvalue weighted by atomic mass is 16.3. The highest BCUT2D eigenvalue weighted by molar-refractivity contribution is 4.90. The Morgan fingerprint density at radius 3 is 2.62 bits per heavy atom. The molecule has 1 aromatic rings. The molecule has 0 aliphatic heterocycles. The Kier molecular flexibility index (Phi) is 3.85. The number of aliphatic hydroxyl groups is 2. The van der Waals surface area contributed by atoms with Crippen molar-refractivity contribution in [1.29, 1.82) is 0 Å². The minimum absolute atomic E-state index is 0.0299. The van der Waals surface area contributed by atoms with Gasteiger partial charge in [-0.1, -0.05) is 12.1 Å². The standard InChI is InChI=1S/C8H15N3O2/c1-2-8-4-11(10-9-8)3-7(5-12)6-13/h4,7,12-13H,2-3,5-6H2,1H3. The molecule has 0 saturated carbocycles. The van der Waals surface area contributed by atoms with Gasteiger partial charge in [-0.2, -0.15) is 0 Å². The third-order valence-electron chi connectivity index (χ3n) is 1.91. The highest BCUT2D eigenvalue weighted by Crippen LogP contribution is 2.00. The van der Waals surface area contributed by atoms with Gasteiger partial charge in [-0.15, -0.1) is 5.10 Å². The molecule has 0 amide bonds. The third-order valence-corrected chi connectivity index (χ3v) is 1.91. The van der Waals surface area contributed by atoms with Crippen molar-refractivity contribution in [3.05, 3.63) is 11.9 Å². The summed E-state index contributed by atoms with van der Waals surface area (Å²) in [4.78, 5) is 0. The van der Waals surface area contributed by atoms with Gasteiger partial charge in [0.15, 0.2) is 0 Å². The molecule has 0 saturated heterocycles. The highest BCUT2D eigenvalue weighted by Gasteiger charge is 2.07. The number of rotatable bonds is 5. The fourth-order valence-electron chi connectivity index (χ4n) is 1.03. The summed E-state index contributed by atoms with van der Waals surface area (Å²) >= 11 is 0. The van der Waals surface area contributed by atoms with Gasteiger partial charge in [0.1, 0.15) is 0 Å². The molecule has 1 aromatic heterocycles. The summed E-state index contributed by atoms with van der Waals surface area (Å²) in [7, 11) is 0. The predicted octanol–water partition coefficient (Wildman–Crippen LogP) is -0.559. The molecular weight excluding hydrogens is 170 g/mol. The summed E-state index contributed by atoms with van der Waals surface area (Å²) < 4.78 is 1.65. The molecule has 0 radical (unpaired) electrons. The Bertz CT molecular complexity index is 245. The van der Waals surface area contributed by atoms with Crippen LogP contribution in [-0.4, -0.2) is 38.4 Å². The number of hydrogen-bond donors (Lipinski definition) is 2. The van der Waals surface area contributed by atoms with Crippen LogP contribution in [0, 0.1) is 5.92 Å². The van der Waals surface area contributed by atoms with Crippen molar-refractivity contribution in [1.82, 2.24) is 15.0 Å². The average Bonchev–Trinajstić information content (AvgIpc) is 2.61. The lowest BCUT2D eigenvalue weighted by Crippen LogP contribution is -2.18. The summed E-state index contributed by atoms with van der Waals surface area (Å²) in [6.45, 7) is 2.46. The Balaban J connectivity index is 2.52. The Morgan fingerprint density at radius 2 is 2.15 bits per heavy atom. The summed E-state index contributed by atoms with van der Waals surface area (Å²) in [5.74, 6) is -0.147. The average molecular weight is 185 g/mol. The van der Waals surface area contributed by atoms with Gasteiger partial charge in [-0.3, -0.25) is 4.68 Å². The van der Waals surface area contributed by atoms with Crippen LogP contribution in [0.5, 0.6) is 0 Å². The van der Waals surface area contributed by atoms with Crippen LogP contribution >= 0.6 is 0 Å². The zero-order chi connectivity index (χ0) is 9.68. The molecule has 5 nitrogen and oxygen atoms in total. The zero-order valence-corrected chi connectivity index (χ0v) is 7.72. The molecule has 1 rings (SSSR count). The second-order valence-electron chi connectivity index (χ2n) is 3.02. The number of aliphatic hydroxyl groups excluding tert-OH is 2. The minimum Gasteiger partial charge on any atom is -0.396 e. The maximum Gasteiger partial charge on any atom is 0.0824 e. The van der Waals surface area contributed by atoms with Crippen molar-refractivity contribution in [2.75, 3.05) is 13.2 Å². The maximum atomic E-state index is 8.83. The molecule has 0 aliphatic rings. The van der Waals surface area contributed by atoms with Gasteiger partial charge in [0.05, 0.1) is 5.69 Å². The summed E-state index contributed by atoms with van der Waals surface area (Å²) in [6, 6.07) is 0. The van der Waals surface area contributed by atoms with Crippen molar-refractivity contribution in [2.45, 2.75) is 19.9 Å². The summed E-state index contributed by atoms with van der Waals surface area (Å²) in [5, 5.41) is 25.4. The molecule has 0 unspecified atom stereocenters. The van der Waals surface area contributed by atoms with E-state index in [-0.39, 0.29) is 19.1 Å². The van der Waals surface area contributed by atoms with Gasteiger partial charge in [-0.25, -0.2) is 0 Å². The van der Waals surface area contributed by atoms with E-state index in [0.717, 1.165) is 12.1 Å². The van der Waals surface area contributed by atoms with Crippen LogP contribution in [0.3, 0.4) is 0 Å². The van der Waals surface area contributed by atoms with E-state index in [2.05, 4.69) is 10.3 Å². The van der Waals surface area contributed by atoms with E-state index in [1.54, 1.807) is 4.68 Å². The molecule has 74 valence electrons. The van der Waals surface area contributed by atoms with Crippen LogP contribution in [0.2, 0.25) is 0 Å². The van der Waals surface area contributed by atoms with E-state index >= 15 is 0 Å².